The molecule has 0 radical (unpaired) electrons. The first-order valence-corrected chi connectivity index (χ1v) is 8.59. The summed E-state index contributed by atoms with van der Waals surface area (Å²) in [5.74, 6) is -0.310. The molecule has 0 spiro atoms. The van der Waals surface area contributed by atoms with Crippen LogP contribution in [0.2, 0.25) is 0 Å². The first kappa shape index (κ1) is 19.2. The minimum absolute atomic E-state index is 0.0106. The number of benzene rings is 2. The van der Waals surface area contributed by atoms with Crippen LogP contribution in [0.25, 0.3) is 0 Å². The zero-order valence-corrected chi connectivity index (χ0v) is 14.5. The second kappa shape index (κ2) is 7.97. The summed E-state index contributed by atoms with van der Waals surface area (Å²) in [6.45, 7) is 1.21. The summed E-state index contributed by atoms with van der Waals surface area (Å²) in [4.78, 5) is 1.68. The summed E-state index contributed by atoms with van der Waals surface area (Å²) in [5.41, 5.74) is 0.152. The molecular weight excluding hydrogens is 360 g/mol. The largest absolute Gasteiger partial charge is 0.418 e. The molecule has 1 aliphatic heterocycles. The number of hydrogen-bond donors (Lipinski definition) is 0. The third kappa shape index (κ3) is 4.77. The van der Waals surface area contributed by atoms with Crippen LogP contribution in [0.5, 0.6) is 0 Å². The van der Waals surface area contributed by atoms with Gasteiger partial charge in [0.25, 0.3) is 0 Å². The van der Waals surface area contributed by atoms with Crippen molar-refractivity contribution in [2.45, 2.75) is 31.7 Å². The van der Waals surface area contributed by atoms with Crippen LogP contribution in [0.4, 0.5) is 23.2 Å². The van der Waals surface area contributed by atoms with Crippen LogP contribution in [-0.2, 0) is 17.5 Å². The van der Waals surface area contributed by atoms with Gasteiger partial charge in [-0.15, -0.1) is 0 Å². The minimum Gasteiger partial charge on any atom is -0.373 e. The second-order valence-corrected chi connectivity index (χ2v) is 6.47. The number of piperidine rings is 1. The molecule has 0 aliphatic carbocycles. The molecule has 27 heavy (non-hydrogen) atoms. The number of hydrogen-bond acceptors (Lipinski definition) is 3. The SMILES string of the molecule is N#Cc1ccc(N2CCC(OCc3ccc(F)cc3)CC2)c(C(F)(F)F)c1. The fraction of sp³-hybridized carbons (Fsp3) is 0.350. The monoisotopic (exact) mass is 378 g/mol. The quantitative estimate of drug-likeness (QED) is 0.710. The van der Waals surface area contributed by atoms with Crippen LogP contribution in [0, 0.1) is 17.1 Å². The van der Waals surface area contributed by atoms with E-state index in [2.05, 4.69) is 0 Å². The highest BCUT2D eigenvalue weighted by Crippen LogP contribution is 2.38. The van der Waals surface area contributed by atoms with Gasteiger partial charge in [-0.3, -0.25) is 0 Å². The Morgan fingerprint density at radius 1 is 1.07 bits per heavy atom. The second-order valence-electron chi connectivity index (χ2n) is 6.47. The molecule has 0 N–H and O–H groups in total. The van der Waals surface area contributed by atoms with Gasteiger partial charge < -0.3 is 9.64 Å². The van der Waals surface area contributed by atoms with E-state index < -0.39 is 11.7 Å². The molecule has 3 nitrogen and oxygen atoms in total. The van der Waals surface area contributed by atoms with Gasteiger partial charge in [0.05, 0.1) is 29.9 Å². The van der Waals surface area contributed by atoms with E-state index in [1.165, 1.54) is 24.3 Å². The molecule has 0 unspecified atom stereocenters. The van der Waals surface area contributed by atoms with Crippen LogP contribution in [0.3, 0.4) is 0 Å². The summed E-state index contributed by atoms with van der Waals surface area (Å²) in [5, 5.41) is 8.86. The number of halogens is 4. The highest BCUT2D eigenvalue weighted by Gasteiger charge is 2.36. The first-order chi connectivity index (χ1) is 12.9. The number of nitriles is 1. The molecule has 1 heterocycles. The Morgan fingerprint density at radius 3 is 2.33 bits per heavy atom. The third-order valence-electron chi connectivity index (χ3n) is 4.61. The molecule has 0 atom stereocenters. The Morgan fingerprint density at radius 2 is 1.74 bits per heavy atom. The lowest BCUT2D eigenvalue weighted by Gasteiger charge is -2.35. The van der Waals surface area contributed by atoms with Crippen molar-refractivity contribution in [1.82, 2.24) is 0 Å². The van der Waals surface area contributed by atoms with E-state index in [0.29, 0.717) is 32.5 Å². The number of rotatable bonds is 4. The molecule has 1 saturated heterocycles. The number of anilines is 1. The zero-order chi connectivity index (χ0) is 19.4. The van der Waals surface area contributed by atoms with Gasteiger partial charge in [-0.25, -0.2) is 4.39 Å². The smallest absolute Gasteiger partial charge is 0.373 e. The van der Waals surface area contributed by atoms with Crippen molar-refractivity contribution < 1.29 is 22.3 Å². The summed E-state index contributed by atoms with van der Waals surface area (Å²) in [7, 11) is 0. The van der Waals surface area contributed by atoms with Gasteiger partial charge in [0.15, 0.2) is 0 Å². The van der Waals surface area contributed by atoms with Gasteiger partial charge in [-0.1, -0.05) is 12.1 Å². The molecule has 0 aromatic heterocycles. The molecule has 2 aromatic carbocycles. The summed E-state index contributed by atoms with van der Waals surface area (Å²) < 4.78 is 58.8. The number of alkyl halides is 3. The maximum Gasteiger partial charge on any atom is 0.418 e. The number of nitrogens with zero attached hydrogens (tertiary/aromatic N) is 2. The molecule has 142 valence electrons. The Hall–Kier alpha value is -2.59. The summed E-state index contributed by atoms with van der Waals surface area (Å²) in [6.07, 6.45) is -3.38. The molecule has 3 rings (SSSR count). The molecule has 1 fully saturated rings. The highest BCUT2D eigenvalue weighted by atomic mass is 19.4. The molecule has 2 aromatic rings. The molecule has 0 saturated carbocycles. The van der Waals surface area contributed by atoms with Gasteiger partial charge in [0.2, 0.25) is 0 Å². The lowest BCUT2D eigenvalue weighted by atomic mass is 10.0. The topological polar surface area (TPSA) is 36.3 Å². The van der Waals surface area contributed by atoms with Crippen molar-refractivity contribution in [1.29, 1.82) is 5.26 Å². The van der Waals surface area contributed by atoms with Crippen molar-refractivity contribution in [2.24, 2.45) is 0 Å². The van der Waals surface area contributed by atoms with E-state index >= 15 is 0 Å². The lowest BCUT2D eigenvalue weighted by molar-refractivity contribution is -0.137. The van der Waals surface area contributed by atoms with Gasteiger partial charge in [-0.05, 0) is 48.7 Å². The average molecular weight is 378 g/mol. The molecule has 7 heteroatoms. The predicted molar refractivity (Wildman–Crippen MR) is 92.6 cm³/mol. The summed E-state index contributed by atoms with van der Waals surface area (Å²) >= 11 is 0. The van der Waals surface area contributed by atoms with Crippen molar-refractivity contribution >= 4 is 5.69 Å². The minimum atomic E-state index is -4.52. The standard InChI is InChI=1S/C20H18F4N2O/c21-16-4-1-14(2-5-16)13-27-17-7-9-26(10-8-17)19-6-3-15(12-25)11-18(19)20(22,23)24/h1-6,11,17H,7-10,13H2. The fourth-order valence-corrected chi connectivity index (χ4v) is 3.17. The van der Waals surface area contributed by atoms with Crippen LogP contribution < -0.4 is 4.90 Å². The van der Waals surface area contributed by atoms with Crippen molar-refractivity contribution in [2.75, 3.05) is 18.0 Å². The van der Waals surface area contributed by atoms with Crippen LogP contribution in [0.1, 0.15) is 29.5 Å². The van der Waals surface area contributed by atoms with E-state index in [1.807, 2.05) is 0 Å². The van der Waals surface area contributed by atoms with E-state index in [9.17, 15) is 17.6 Å². The Bertz CT molecular complexity index is 819. The maximum absolute atomic E-state index is 13.3. The number of ether oxygens (including phenoxy) is 1. The maximum atomic E-state index is 13.3. The van der Waals surface area contributed by atoms with Crippen molar-refractivity contribution in [3.8, 4) is 6.07 Å². The van der Waals surface area contributed by atoms with E-state index in [1.54, 1.807) is 23.1 Å². The average Bonchev–Trinajstić information content (AvgIpc) is 2.67. The molecule has 0 amide bonds. The molecule has 1 aliphatic rings. The van der Waals surface area contributed by atoms with Crippen LogP contribution in [-0.4, -0.2) is 19.2 Å². The van der Waals surface area contributed by atoms with Crippen molar-refractivity contribution in [3.05, 3.63) is 65.0 Å². The molecule has 0 bridgehead atoms. The predicted octanol–water partition coefficient (Wildman–Crippen LogP) is 4.90. The highest BCUT2D eigenvalue weighted by molar-refractivity contribution is 5.58. The van der Waals surface area contributed by atoms with Crippen LogP contribution >= 0.6 is 0 Å². The first-order valence-electron chi connectivity index (χ1n) is 8.59. The lowest BCUT2D eigenvalue weighted by Crippen LogP contribution is -2.38. The summed E-state index contributed by atoms with van der Waals surface area (Å²) in [6, 6.07) is 11.4. The zero-order valence-electron chi connectivity index (χ0n) is 14.5. The normalized spacial score (nSPS) is 15.6. The van der Waals surface area contributed by atoms with Gasteiger partial charge in [-0.2, -0.15) is 18.4 Å². The van der Waals surface area contributed by atoms with Crippen LogP contribution in [0.15, 0.2) is 42.5 Å². The third-order valence-corrected chi connectivity index (χ3v) is 4.61. The Kier molecular flexibility index (Phi) is 5.66. The fourth-order valence-electron chi connectivity index (χ4n) is 3.17. The Balaban J connectivity index is 1.62. The van der Waals surface area contributed by atoms with E-state index in [4.69, 9.17) is 10.00 Å². The van der Waals surface area contributed by atoms with Gasteiger partial charge >= 0.3 is 6.18 Å². The Labute approximate surface area is 154 Å². The van der Waals surface area contributed by atoms with Gasteiger partial charge in [0, 0.05) is 18.8 Å². The van der Waals surface area contributed by atoms with E-state index in [-0.39, 0.29) is 23.2 Å². The van der Waals surface area contributed by atoms with E-state index in [0.717, 1.165) is 11.6 Å². The molecular formula is C20H18F4N2O. The van der Waals surface area contributed by atoms with Crippen molar-refractivity contribution in [3.63, 3.8) is 0 Å². The van der Waals surface area contributed by atoms with Gasteiger partial charge in [0.1, 0.15) is 5.82 Å².